The molecule has 2 rings (SSSR count). The minimum atomic E-state index is 0.896. The van der Waals surface area contributed by atoms with E-state index in [9.17, 15) is 0 Å². The lowest BCUT2D eigenvalue weighted by atomic mass is 10.2. The van der Waals surface area contributed by atoms with Crippen LogP contribution in [-0.4, -0.2) is 0 Å². The molecule has 1 heteroatoms. The van der Waals surface area contributed by atoms with Gasteiger partial charge in [0.2, 0.25) is 0 Å². The van der Waals surface area contributed by atoms with E-state index < -0.39 is 0 Å². The van der Waals surface area contributed by atoms with Crippen LogP contribution in [0.2, 0.25) is 0 Å². The third-order valence-corrected chi connectivity index (χ3v) is 2.89. The smallest absolute Gasteiger partial charge is 0.00156 e. The van der Waals surface area contributed by atoms with Crippen LogP contribution in [0.1, 0.15) is 5.56 Å². The maximum atomic E-state index is 2.25. The molecule has 2 aromatic rings. The molecule has 0 spiro atoms. The highest BCUT2D eigenvalue weighted by Gasteiger charge is 1.93. The van der Waals surface area contributed by atoms with Gasteiger partial charge in [-0.25, -0.2) is 0 Å². The molecule has 0 N–H and O–H groups in total. The van der Waals surface area contributed by atoms with Crippen molar-refractivity contribution < 1.29 is 0 Å². The van der Waals surface area contributed by atoms with Crippen molar-refractivity contribution in [2.24, 2.45) is 0 Å². The highest BCUT2D eigenvalue weighted by Crippen LogP contribution is 2.26. The topological polar surface area (TPSA) is 0 Å². The molecule has 0 aliphatic carbocycles. The molecule has 0 bridgehead atoms. The van der Waals surface area contributed by atoms with Gasteiger partial charge in [-0.3, -0.25) is 0 Å². The van der Waals surface area contributed by atoms with E-state index in [1.165, 1.54) is 16.1 Å². The van der Waals surface area contributed by atoms with Gasteiger partial charge in [0.15, 0.2) is 0 Å². The molecule has 0 saturated heterocycles. The van der Waals surface area contributed by atoms with Gasteiger partial charge in [0.25, 0.3) is 0 Å². The second-order valence-electron chi connectivity index (χ2n) is 2.51. The van der Waals surface area contributed by atoms with E-state index in [2.05, 4.69) is 37.0 Å². The number of rotatable bonds is 0. The summed E-state index contributed by atoms with van der Waals surface area (Å²) < 4.78 is 0. The van der Waals surface area contributed by atoms with Crippen molar-refractivity contribution in [2.75, 3.05) is 0 Å². The summed E-state index contributed by atoms with van der Waals surface area (Å²) in [5.74, 6) is 2.25. The van der Waals surface area contributed by atoms with Crippen LogP contribution in [0, 0.1) is 6.92 Å². The third kappa shape index (κ3) is 0.767. The second-order valence-corrected chi connectivity index (χ2v) is 3.67. The molecule has 50 valence electrons. The molecule has 0 aliphatic heterocycles. The fourth-order valence-electron chi connectivity index (χ4n) is 1.24. The van der Waals surface area contributed by atoms with Gasteiger partial charge in [-0.05, 0) is 28.8 Å². The van der Waals surface area contributed by atoms with E-state index in [1.54, 1.807) is 0 Å². The van der Waals surface area contributed by atoms with E-state index in [-0.39, 0.29) is 0 Å². The summed E-state index contributed by atoms with van der Waals surface area (Å²) in [6, 6.07) is 8.73. The van der Waals surface area contributed by atoms with E-state index in [1.807, 2.05) is 0 Å². The van der Waals surface area contributed by atoms with Crippen molar-refractivity contribution in [1.82, 2.24) is 0 Å². The monoisotopic (exact) mass is 148 g/mol. The van der Waals surface area contributed by atoms with Crippen LogP contribution >= 0.6 is 8.19 Å². The fraction of sp³-hybridized carbons (Fsp3) is 0.111. The average molecular weight is 148 g/mol. The normalized spacial score (nSPS) is 11.3. The summed E-state index contributed by atoms with van der Waals surface area (Å²) in [4.78, 5) is 0. The summed E-state index contributed by atoms with van der Waals surface area (Å²) in [6.07, 6.45) is 0. The van der Waals surface area contributed by atoms with E-state index >= 15 is 0 Å². The first kappa shape index (κ1) is 6.00. The van der Waals surface area contributed by atoms with Crippen molar-refractivity contribution >= 4 is 18.7 Å². The first-order valence-corrected chi connectivity index (χ1v) is 4.48. The summed E-state index contributed by atoms with van der Waals surface area (Å²) >= 11 is 0. The molecular weight excluding hydrogens is 139 g/mol. The second kappa shape index (κ2) is 2.14. The van der Waals surface area contributed by atoms with Crippen molar-refractivity contribution in [1.29, 1.82) is 0 Å². The maximum Gasteiger partial charge on any atom is -0.00156 e. The lowest BCUT2D eigenvalue weighted by Gasteiger charge is -1.92. The zero-order valence-electron chi connectivity index (χ0n) is 5.89. The molecule has 0 nitrogen and oxygen atoms in total. The molecule has 10 heavy (non-hydrogen) atoms. The molecule has 1 aromatic heterocycles. The Morgan fingerprint density at radius 1 is 1.20 bits per heavy atom. The van der Waals surface area contributed by atoms with Gasteiger partial charge >= 0.3 is 0 Å². The molecule has 0 fully saturated rings. The average Bonchev–Trinajstić information content (AvgIpc) is 2.36. The standard InChI is InChI=1S/C9H9P/c1-7-3-2-4-9-8(7)5-6-10-9/h2-6,10H,1H3. The number of benzene rings is 1. The van der Waals surface area contributed by atoms with Gasteiger partial charge in [-0.2, -0.15) is 0 Å². The lowest BCUT2D eigenvalue weighted by Crippen LogP contribution is -1.68. The molecule has 1 aromatic carbocycles. The SMILES string of the molecule is Cc1cccc2[pH]ccc12. The number of hydrogen-bond donors (Lipinski definition) is 0. The minimum absolute atomic E-state index is 0.896. The van der Waals surface area contributed by atoms with Crippen LogP contribution < -0.4 is 0 Å². The van der Waals surface area contributed by atoms with Crippen molar-refractivity contribution in [3.63, 3.8) is 0 Å². The van der Waals surface area contributed by atoms with Gasteiger partial charge in [-0.15, -0.1) is 8.19 Å². The van der Waals surface area contributed by atoms with Crippen LogP contribution in [0.4, 0.5) is 0 Å². The van der Waals surface area contributed by atoms with E-state index in [0.29, 0.717) is 0 Å². The summed E-state index contributed by atoms with van der Waals surface area (Å²) in [6.45, 7) is 2.17. The Morgan fingerprint density at radius 3 is 2.90 bits per heavy atom. The van der Waals surface area contributed by atoms with E-state index in [0.717, 1.165) is 8.19 Å². The van der Waals surface area contributed by atoms with Crippen molar-refractivity contribution in [3.8, 4) is 0 Å². The van der Waals surface area contributed by atoms with E-state index in [4.69, 9.17) is 0 Å². The Bertz CT molecular complexity index is 346. The zero-order valence-corrected chi connectivity index (χ0v) is 6.89. The molecule has 0 amide bonds. The van der Waals surface area contributed by atoms with Crippen molar-refractivity contribution in [2.45, 2.75) is 6.92 Å². The fourth-order valence-corrected chi connectivity index (χ4v) is 2.30. The predicted octanol–water partition coefficient (Wildman–Crippen LogP) is 3.18. The number of aryl methyl sites for hydroxylation is 1. The van der Waals surface area contributed by atoms with Crippen LogP contribution in [0.5, 0.6) is 0 Å². The van der Waals surface area contributed by atoms with Gasteiger partial charge in [-0.1, -0.05) is 24.3 Å². The van der Waals surface area contributed by atoms with Gasteiger partial charge < -0.3 is 0 Å². The van der Waals surface area contributed by atoms with Crippen molar-refractivity contribution in [3.05, 3.63) is 35.6 Å². The first-order valence-electron chi connectivity index (χ1n) is 3.40. The summed E-state index contributed by atoms with van der Waals surface area (Å²) in [5, 5.41) is 2.95. The highest BCUT2D eigenvalue weighted by molar-refractivity contribution is 7.36. The molecule has 0 aliphatic rings. The Labute approximate surface area is 62.0 Å². The summed E-state index contributed by atoms with van der Waals surface area (Å²) in [7, 11) is 0.896. The largest absolute Gasteiger partial charge is 0.132 e. The molecular formula is C9H9P. The molecule has 1 atom stereocenters. The number of fused-ring (bicyclic) bond motifs is 1. The zero-order chi connectivity index (χ0) is 6.97. The molecule has 0 radical (unpaired) electrons. The predicted molar refractivity (Wildman–Crippen MR) is 48.2 cm³/mol. The maximum absolute atomic E-state index is 2.25. The Hall–Kier alpha value is -0.740. The lowest BCUT2D eigenvalue weighted by molar-refractivity contribution is 1.55. The Kier molecular flexibility index (Phi) is 1.28. The first-order chi connectivity index (χ1) is 4.88. The third-order valence-electron chi connectivity index (χ3n) is 1.81. The van der Waals surface area contributed by atoms with Crippen LogP contribution in [0.15, 0.2) is 30.1 Å². The minimum Gasteiger partial charge on any atom is -0.132 e. The highest BCUT2D eigenvalue weighted by atomic mass is 31.0. The molecule has 0 saturated carbocycles. The van der Waals surface area contributed by atoms with Gasteiger partial charge in [0.05, 0.1) is 0 Å². The number of hydrogen-bond acceptors (Lipinski definition) is 0. The quantitative estimate of drug-likeness (QED) is 0.538. The van der Waals surface area contributed by atoms with Crippen LogP contribution in [-0.2, 0) is 0 Å². The van der Waals surface area contributed by atoms with Gasteiger partial charge in [0.1, 0.15) is 0 Å². The van der Waals surface area contributed by atoms with Crippen LogP contribution in [0.3, 0.4) is 0 Å². The van der Waals surface area contributed by atoms with Crippen LogP contribution in [0.25, 0.3) is 10.5 Å². The molecule has 1 heterocycles. The Morgan fingerprint density at radius 2 is 2.10 bits per heavy atom. The summed E-state index contributed by atoms with van der Waals surface area (Å²) in [5.41, 5.74) is 1.40. The van der Waals surface area contributed by atoms with Gasteiger partial charge in [0, 0.05) is 0 Å². The Balaban J connectivity index is 2.95. The molecule has 1 unspecified atom stereocenters.